The van der Waals surface area contributed by atoms with Crippen molar-refractivity contribution in [1.29, 1.82) is 0 Å². The van der Waals surface area contributed by atoms with E-state index < -0.39 is 0 Å². The molecule has 0 atom stereocenters. The SMILES string of the molecule is CC(=O)Nc1ccc(NC(=O)c2ccc(C(=O)c3ccccc3)cc2)cc1. The zero-order valence-electron chi connectivity index (χ0n) is 14.7. The van der Waals surface area contributed by atoms with Gasteiger partial charge in [0.05, 0.1) is 0 Å². The molecule has 0 radical (unpaired) electrons. The molecular weight excluding hydrogens is 340 g/mol. The number of ketones is 1. The van der Waals surface area contributed by atoms with Crippen molar-refractivity contribution in [1.82, 2.24) is 0 Å². The van der Waals surface area contributed by atoms with Gasteiger partial charge in [-0.2, -0.15) is 0 Å². The molecule has 134 valence electrons. The van der Waals surface area contributed by atoms with Gasteiger partial charge < -0.3 is 10.6 Å². The van der Waals surface area contributed by atoms with Crippen LogP contribution in [0.15, 0.2) is 78.9 Å². The van der Waals surface area contributed by atoms with Gasteiger partial charge in [0.15, 0.2) is 5.78 Å². The molecule has 0 saturated carbocycles. The highest BCUT2D eigenvalue weighted by Crippen LogP contribution is 2.16. The van der Waals surface area contributed by atoms with E-state index in [4.69, 9.17) is 0 Å². The van der Waals surface area contributed by atoms with E-state index in [9.17, 15) is 14.4 Å². The van der Waals surface area contributed by atoms with Crippen LogP contribution in [0.2, 0.25) is 0 Å². The monoisotopic (exact) mass is 358 g/mol. The van der Waals surface area contributed by atoms with Gasteiger partial charge in [-0.15, -0.1) is 0 Å². The highest BCUT2D eigenvalue weighted by molar-refractivity contribution is 6.10. The summed E-state index contributed by atoms with van der Waals surface area (Å²) in [6, 6.07) is 22.3. The third-order valence-corrected chi connectivity index (χ3v) is 3.91. The Labute approximate surface area is 157 Å². The summed E-state index contributed by atoms with van der Waals surface area (Å²) in [6.45, 7) is 1.43. The number of hydrogen-bond acceptors (Lipinski definition) is 3. The Balaban J connectivity index is 1.67. The molecule has 0 aliphatic heterocycles. The van der Waals surface area contributed by atoms with Gasteiger partial charge in [-0.05, 0) is 36.4 Å². The second-order valence-corrected chi connectivity index (χ2v) is 5.99. The predicted octanol–water partition coefficient (Wildman–Crippen LogP) is 4.13. The van der Waals surface area contributed by atoms with Gasteiger partial charge in [-0.25, -0.2) is 0 Å². The average molecular weight is 358 g/mol. The molecule has 0 heterocycles. The Morgan fingerprint density at radius 1 is 0.593 bits per heavy atom. The first-order valence-electron chi connectivity index (χ1n) is 8.42. The number of amides is 2. The van der Waals surface area contributed by atoms with Crippen LogP contribution in [0.3, 0.4) is 0 Å². The number of carbonyl (C=O) groups excluding carboxylic acids is 3. The van der Waals surface area contributed by atoms with Gasteiger partial charge in [0.1, 0.15) is 0 Å². The maximum absolute atomic E-state index is 12.4. The van der Waals surface area contributed by atoms with E-state index in [0.29, 0.717) is 28.1 Å². The van der Waals surface area contributed by atoms with Gasteiger partial charge in [0.25, 0.3) is 5.91 Å². The molecule has 0 aliphatic rings. The highest BCUT2D eigenvalue weighted by atomic mass is 16.2. The minimum Gasteiger partial charge on any atom is -0.326 e. The van der Waals surface area contributed by atoms with Crippen molar-refractivity contribution in [3.05, 3.63) is 95.6 Å². The molecule has 3 aromatic rings. The van der Waals surface area contributed by atoms with E-state index in [1.807, 2.05) is 18.2 Å². The van der Waals surface area contributed by atoms with E-state index in [1.165, 1.54) is 6.92 Å². The first kappa shape index (κ1) is 18.1. The molecule has 0 bridgehead atoms. The first-order chi connectivity index (χ1) is 13.0. The highest BCUT2D eigenvalue weighted by Gasteiger charge is 2.11. The molecule has 2 amide bonds. The van der Waals surface area contributed by atoms with Gasteiger partial charge in [-0.1, -0.05) is 42.5 Å². The van der Waals surface area contributed by atoms with Crippen molar-refractivity contribution in [3.8, 4) is 0 Å². The minimum atomic E-state index is -0.277. The van der Waals surface area contributed by atoms with E-state index >= 15 is 0 Å². The zero-order chi connectivity index (χ0) is 19.2. The Kier molecular flexibility index (Phi) is 5.42. The average Bonchev–Trinajstić information content (AvgIpc) is 2.69. The van der Waals surface area contributed by atoms with Crippen LogP contribution in [0.4, 0.5) is 11.4 Å². The van der Waals surface area contributed by atoms with Crippen LogP contribution in [-0.2, 0) is 4.79 Å². The number of benzene rings is 3. The number of rotatable bonds is 5. The van der Waals surface area contributed by atoms with Crippen molar-refractivity contribution in [3.63, 3.8) is 0 Å². The molecule has 0 aliphatic carbocycles. The first-order valence-corrected chi connectivity index (χ1v) is 8.42. The lowest BCUT2D eigenvalue weighted by Gasteiger charge is -2.08. The Hall–Kier alpha value is -3.73. The lowest BCUT2D eigenvalue weighted by molar-refractivity contribution is -0.114. The molecule has 3 aromatic carbocycles. The van der Waals surface area contributed by atoms with Gasteiger partial charge in [-0.3, -0.25) is 14.4 Å². The molecule has 2 N–H and O–H groups in total. The van der Waals surface area contributed by atoms with Crippen molar-refractivity contribution in [2.75, 3.05) is 10.6 Å². The molecule has 5 heteroatoms. The number of nitrogens with one attached hydrogen (secondary N) is 2. The van der Waals surface area contributed by atoms with Crippen LogP contribution in [0.5, 0.6) is 0 Å². The summed E-state index contributed by atoms with van der Waals surface area (Å²) in [5.74, 6) is -0.519. The molecule has 3 rings (SSSR count). The van der Waals surface area contributed by atoms with E-state index in [2.05, 4.69) is 10.6 Å². The zero-order valence-corrected chi connectivity index (χ0v) is 14.7. The van der Waals surface area contributed by atoms with Crippen molar-refractivity contribution >= 4 is 29.0 Å². The maximum atomic E-state index is 12.4. The standard InChI is InChI=1S/C22H18N2O3/c1-15(25)23-19-11-13-20(14-12-19)24-22(27)18-9-7-17(8-10-18)21(26)16-5-3-2-4-6-16/h2-14H,1H3,(H,23,25)(H,24,27). The lowest BCUT2D eigenvalue weighted by Crippen LogP contribution is -2.12. The van der Waals surface area contributed by atoms with E-state index in [1.54, 1.807) is 60.7 Å². The smallest absolute Gasteiger partial charge is 0.255 e. The van der Waals surface area contributed by atoms with Crippen LogP contribution in [0.25, 0.3) is 0 Å². The summed E-state index contributed by atoms with van der Waals surface area (Å²) in [4.78, 5) is 35.8. The van der Waals surface area contributed by atoms with Crippen molar-refractivity contribution in [2.24, 2.45) is 0 Å². The molecule has 0 unspecified atom stereocenters. The molecule has 27 heavy (non-hydrogen) atoms. The quantitative estimate of drug-likeness (QED) is 0.674. The van der Waals surface area contributed by atoms with E-state index in [0.717, 1.165) is 0 Å². The third kappa shape index (κ3) is 4.67. The fourth-order valence-corrected chi connectivity index (χ4v) is 2.57. The molecule has 0 saturated heterocycles. The van der Waals surface area contributed by atoms with Crippen LogP contribution in [-0.4, -0.2) is 17.6 Å². The van der Waals surface area contributed by atoms with Crippen molar-refractivity contribution in [2.45, 2.75) is 6.92 Å². The second kappa shape index (κ2) is 8.10. The van der Waals surface area contributed by atoms with Crippen LogP contribution < -0.4 is 10.6 Å². The summed E-state index contributed by atoms with van der Waals surface area (Å²) < 4.78 is 0. The summed E-state index contributed by atoms with van der Waals surface area (Å²) in [5.41, 5.74) is 2.85. The fraction of sp³-hybridized carbons (Fsp3) is 0.0455. The summed E-state index contributed by atoms with van der Waals surface area (Å²) in [7, 11) is 0. The maximum Gasteiger partial charge on any atom is 0.255 e. The largest absolute Gasteiger partial charge is 0.326 e. The number of hydrogen-bond donors (Lipinski definition) is 2. The van der Waals surface area contributed by atoms with Crippen molar-refractivity contribution < 1.29 is 14.4 Å². The van der Waals surface area contributed by atoms with Gasteiger partial charge in [0, 0.05) is 35.0 Å². The van der Waals surface area contributed by atoms with Gasteiger partial charge >= 0.3 is 0 Å². The predicted molar refractivity (Wildman–Crippen MR) is 105 cm³/mol. The topological polar surface area (TPSA) is 75.3 Å². The number of carbonyl (C=O) groups is 3. The van der Waals surface area contributed by atoms with Crippen LogP contribution in [0.1, 0.15) is 33.2 Å². The Bertz CT molecular complexity index is 963. The fourth-order valence-electron chi connectivity index (χ4n) is 2.57. The molecular formula is C22H18N2O3. The molecule has 5 nitrogen and oxygen atoms in total. The summed E-state index contributed by atoms with van der Waals surface area (Å²) in [6.07, 6.45) is 0. The van der Waals surface area contributed by atoms with Crippen LogP contribution in [0, 0.1) is 0 Å². The normalized spacial score (nSPS) is 10.1. The molecule has 0 aromatic heterocycles. The number of anilines is 2. The Morgan fingerprint density at radius 2 is 1.07 bits per heavy atom. The molecule has 0 fully saturated rings. The minimum absolute atomic E-state index is 0.0869. The lowest BCUT2D eigenvalue weighted by atomic mass is 10.0. The Morgan fingerprint density at radius 3 is 1.63 bits per heavy atom. The third-order valence-electron chi connectivity index (χ3n) is 3.91. The molecule has 0 spiro atoms. The summed E-state index contributed by atoms with van der Waals surface area (Å²) in [5, 5.41) is 5.45. The summed E-state index contributed by atoms with van der Waals surface area (Å²) >= 11 is 0. The van der Waals surface area contributed by atoms with Crippen LogP contribution >= 0.6 is 0 Å². The second-order valence-electron chi connectivity index (χ2n) is 5.99. The van der Waals surface area contributed by atoms with Gasteiger partial charge in [0.2, 0.25) is 5.91 Å². The van der Waals surface area contributed by atoms with E-state index in [-0.39, 0.29) is 17.6 Å².